The zero-order chi connectivity index (χ0) is 23.2. The molecule has 0 bridgehead atoms. The second kappa shape index (κ2) is 8.52. The van der Waals surface area contributed by atoms with Crippen LogP contribution in [0, 0.1) is 11.8 Å². The number of carboxylic acid groups (broad SMARTS) is 1. The van der Waals surface area contributed by atoms with E-state index in [1.807, 2.05) is 12.1 Å². The second-order valence-electron chi connectivity index (χ2n) is 10.3. The highest BCUT2D eigenvalue weighted by Crippen LogP contribution is 2.57. The number of aliphatic carboxylic acids is 1. The van der Waals surface area contributed by atoms with Gasteiger partial charge in [-0.2, -0.15) is 0 Å². The number of carbonyl (C=O) groups is 1. The molecular formula is C27H32ClNO4. The topological polar surface area (TPSA) is 78.8 Å². The molecule has 33 heavy (non-hydrogen) atoms. The summed E-state index contributed by atoms with van der Waals surface area (Å²) in [6.45, 7) is 3.02. The van der Waals surface area contributed by atoms with E-state index >= 15 is 0 Å². The second-order valence-corrected chi connectivity index (χ2v) is 10.8. The number of hydrogen-bond acceptors (Lipinski definition) is 4. The number of aliphatic hydroxyl groups excluding tert-OH is 1. The maximum Gasteiger partial charge on any atom is 0.329 e. The van der Waals surface area contributed by atoms with E-state index in [0.717, 1.165) is 50.1 Å². The normalized spacial score (nSPS) is 28.8. The van der Waals surface area contributed by atoms with Crippen LogP contribution in [-0.4, -0.2) is 34.9 Å². The molecule has 1 fully saturated rings. The highest BCUT2D eigenvalue weighted by atomic mass is 35.5. The van der Waals surface area contributed by atoms with Crippen LogP contribution in [-0.2, 0) is 23.1 Å². The number of nitrogens with one attached hydrogen (secondary N) is 1. The molecule has 1 heterocycles. The van der Waals surface area contributed by atoms with Crippen LogP contribution >= 0.6 is 11.6 Å². The molecule has 2 aromatic rings. The molecule has 1 aliphatic heterocycles. The lowest BCUT2D eigenvalue weighted by molar-refractivity contribution is -0.144. The number of hydrogen-bond donors (Lipinski definition) is 3. The summed E-state index contributed by atoms with van der Waals surface area (Å²) in [7, 11) is 0. The summed E-state index contributed by atoms with van der Waals surface area (Å²) in [6.07, 6.45) is 5.56. The van der Waals surface area contributed by atoms with E-state index in [9.17, 15) is 15.0 Å². The number of rotatable bonds is 6. The van der Waals surface area contributed by atoms with Crippen molar-refractivity contribution >= 4 is 23.3 Å². The lowest BCUT2D eigenvalue weighted by Crippen LogP contribution is -2.53. The minimum atomic E-state index is -1.01. The fourth-order valence-electron chi connectivity index (χ4n) is 6.49. The van der Waals surface area contributed by atoms with Crippen LogP contribution in [0.5, 0.6) is 5.75 Å². The van der Waals surface area contributed by atoms with E-state index in [2.05, 4.69) is 24.4 Å². The van der Waals surface area contributed by atoms with Crippen LogP contribution in [0.15, 0.2) is 36.4 Å². The Bertz CT molecular complexity index is 1060. The minimum Gasteiger partial charge on any atom is -0.493 e. The van der Waals surface area contributed by atoms with Gasteiger partial charge in [0.25, 0.3) is 0 Å². The molecule has 0 amide bonds. The fraction of sp³-hybridized carbons (Fsp3) is 0.519. The van der Waals surface area contributed by atoms with Gasteiger partial charge in [-0.05, 0) is 96.7 Å². The molecule has 1 spiro atoms. The Morgan fingerprint density at radius 3 is 2.70 bits per heavy atom. The molecule has 2 aromatic carbocycles. The van der Waals surface area contributed by atoms with Gasteiger partial charge in [-0.25, -0.2) is 4.79 Å². The predicted molar refractivity (Wildman–Crippen MR) is 129 cm³/mol. The molecule has 1 saturated carbocycles. The third kappa shape index (κ3) is 3.89. The number of carboxylic acids is 1. The molecule has 176 valence electrons. The van der Waals surface area contributed by atoms with Crippen molar-refractivity contribution in [2.75, 3.05) is 18.5 Å². The number of halogens is 1. The van der Waals surface area contributed by atoms with Gasteiger partial charge in [0.15, 0.2) is 0 Å². The van der Waals surface area contributed by atoms with E-state index in [4.69, 9.17) is 16.3 Å². The maximum atomic E-state index is 12.5. The molecule has 0 aromatic heterocycles. The zero-order valence-corrected chi connectivity index (χ0v) is 19.8. The van der Waals surface area contributed by atoms with Crippen molar-refractivity contribution in [3.63, 3.8) is 0 Å². The highest BCUT2D eigenvalue weighted by Gasteiger charge is 2.54. The first-order valence-corrected chi connectivity index (χ1v) is 12.4. The summed E-state index contributed by atoms with van der Waals surface area (Å²) in [5, 5.41) is 23.9. The van der Waals surface area contributed by atoms with Gasteiger partial charge in [0.05, 0.1) is 6.61 Å². The van der Waals surface area contributed by atoms with Gasteiger partial charge in [0.2, 0.25) is 0 Å². The van der Waals surface area contributed by atoms with Gasteiger partial charge < -0.3 is 20.3 Å². The third-order valence-corrected chi connectivity index (χ3v) is 8.55. The Morgan fingerprint density at radius 1 is 1.21 bits per heavy atom. The van der Waals surface area contributed by atoms with Crippen LogP contribution in [0.4, 0.5) is 5.69 Å². The first-order chi connectivity index (χ1) is 15.8. The average molecular weight is 470 g/mol. The van der Waals surface area contributed by atoms with Crippen LogP contribution in [0.2, 0.25) is 5.02 Å². The zero-order valence-electron chi connectivity index (χ0n) is 19.1. The van der Waals surface area contributed by atoms with Crippen molar-refractivity contribution < 1.29 is 19.7 Å². The Balaban J connectivity index is 1.47. The maximum absolute atomic E-state index is 12.5. The van der Waals surface area contributed by atoms with E-state index in [-0.39, 0.29) is 17.9 Å². The quantitative estimate of drug-likeness (QED) is 0.541. The van der Waals surface area contributed by atoms with Crippen molar-refractivity contribution in [2.24, 2.45) is 11.8 Å². The molecule has 0 radical (unpaired) electrons. The summed E-state index contributed by atoms with van der Waals surface area (Å²) in [6, 6.07) is 11.9. The number of ether oxygens (including phenoxy) is 1. The lowest BCUT2D eigenvalue weighted by Gasteiger charge is -2.47. The highest BCUT2D eigenvalue weighted by molar-refractivity contribution is 6.30. The van der Waals surface area contributed by atoms with E-state index in [0.29, 0.717) is 23.8 Å². The molecule has 2 atom stereocenters. The Kier molecular flexibility index (Phi) is 5.82. The van der Waals surface area contributed by atoms with Gasteiger partial charge >= 0.3 is 5.97 Å². The largest absolute Gasteiger partial charge is 0.493 e. The van der Waals surface area contributed by atoms with Gasteiger partial charge in [0, 0.05) is 23.7 Å². The molecule has 5 rings (SSSR count). The van der Waals surface area contributed by atoms with Crippen LogP contribution in [0.1, 0.15) is 55.7 Å². The first-order valence-electron chi connectivity index (χ1n) is 12.0. The lowest BCUT2D eigenvalue weighted by atomic mass is 9.59. The molecular weight excluding hydrogens is 438 g/mol. The SMILES string of the molecule is C[C@@H](CO)C[C@H]1Cc2cc3c(cc2C12CCC(Nc1cccc(Cl)c1)(C(=O)O)CC2)OCC3. The van der Waals surface area contributed by atoms with Crippen LogP contribution < -0.4 is 10.1 Å². The average Bonchev–Trinajstić information content (AvgIpc) is 3.36. The number of benzene rings is 2. The molecule has 5 nitrogen and oxygen atoms in total. The fourth-order valence-corrected chi connectivity index (χ4v) is 6.68. The molecule has 0 unspecified atom stereocenters. The van der Waals surface area contributed by atoms with Crippen LogP contribution in [0.25, 0.3) is 0 Å². The van der Waals surface area contributed by atoms with E-state index < -0.39 is 11.5 Å². The van der Waals surface area contributed by atoms with Crippen molar-refractivity contribution in [3.8, 4) is 5.75 Å². The van der Waals surface area contributed by atoms with Gasteiger partial charge in [-0.1, -0.05) is 30.7 Å². The Labute approximate surface area is 200 Å². The monoisotopic (exact) mass is 469 g/mol. The number of fused-ring (bicyclic) bond motifs is 3. The van der Waals surface area contributed by atoms with Gasteiger partial charge in [0.1, 0.15) is 11.3 Å². The van der Waals surface area contributed by atoms with Gasteiger partial charge in [-0.15, -0.1) is 0 Å². The summed E-state index contributed by atoms with van der Waals surface area (Å²) >= 11 is 6.15. The van der Waals surface area contributed by atoms with Crippen molar-refractivity contribution in [3.05, 3.63) is 58.1 Å². The summed E-state index contributed by atoms with van der Waals surface area (Å²) < 4.78 is 5.91. The van der Waals surface area contributed by atoms with E-state index in [1.54, 1.807) is 12.1 Å². The van der Waals surface area contributed by atoms with Crippen molar-refractivity contribution in [2.45, 2.75) is 62.8 Å². The molecule has 2 aliphatic carbocycles. The third-order valence-electron chi connectivity index (χ3n) is 8.31. The molecule has 3 N–H and O–H groups in total. The Hall–Kier alpha value is -2.24. The standard InChI is InChI=1S/C27H32ClNO4/c1-17(16-30)11-20-13-19-12-18-5-10-33-24(18)15-23(19)26(20)6-8-27(9-7-26,25(31)32)29-22-4-2-3-21(28)14-22/h2-4,12,14-15,17,20,29-30H,5-11,13,16H2,1H3,(H,31,32)/t17-,20+,26?,27?/m1/s1. The summed E-state index contributed by atoms with van der Waals surface area (Å²) in [5.41, 5.74) is 3.68. The van der Waals surface area contributed by atoms with Crippen LogP contribution in [0.3, 0.4) is 0 Å². The molecule has 3 aliphatic rings. The summed E-state index contributed by atoms with van der Waals surface area (Å²) in [4.78, 5) is 12.5. The minimum absolute atomic E-state index is 0.0747. The van der Waals surface area contributed by atoms with Gasteiger partial charge in [-0.3, -0.25) is 0 Å². The molecule has 6 heteroatoms. The summed E-state index contributed by atoms with van der Waals surface area (Å²) in [5.74, 6) is 0.805. The molecule has 0 saturated heterocycles. The smallest absolute Gasteiger partial charge is 0.329 e. The predicted octanol–water partition coefficient (Wildman–Crippen LogP) is 5.21. The number of aliphatic hydroxyl groups is 1. The Morgan fingerprint density at radius 2 is 2.00 bits per heavy atom. The van der Waals surface area contributed by atoms with E-state index in [1.165, 1.54) is 16.7 Å². The first kappa shape index (κ1) is 22.5. The van der Waals surface area contributed by atoms with Crippen molar-refractivity contribution in [1.82, 2.24) is 0 Å². The van der Waals surface area contributed by atoms with Crippen molar-refractivity contribution in [1.29, 1.82) is 0 Å². The number of anilines is 1.